The smallest absolute Gasteiger partial charge is 0.264 e. The Balaban J connectivity index is 1.89. The number of ether oxygens (including phenoxy) is 1. The van der Waals surface area contributed by atoms with Crippen molar-refractivity contribution < 1.29 is 32.0 Å². The van der Waals surface area contributed by atoms with Gasteiger partial charge < -0.3 is 9.84 Å². The van der Waals surface area contributed by atoms with E-state index in [1.54, 1.807) is 18.2 Å². The second-order valence-electron chi connectivity index (χ2n) is 5.41. The summed E-state index contributed by atoms with van der Waals surface area (Å²) in [5, 5.41) is 10.4. The van der Waals surface area contributed by atoms with Crippen LogP contribution in [0.3, 0.4) is 0 Å². The largest absolute Gasteiger partial charge is 0.504 e. The fourth-order valence-corrected chi connectivity index (χ4v) is 2.97. The molecule has 0 radical (unpaired) electrons. The fraction of sp³-hybridized carbons (Fsp3) is 0.176. The molecule has 130 valence electrons. The average Bonchev–Trinajstić information content (AvgIpc) is 2.56. The molecule has 0 bridgehead atoms. The standard InChI is InChI=1S/C17H14O7S/c1-25(21,22)24-9-8-23-13-7-6-12-14(17(13)20)16(19)11-5-3-2-4-10(11)15(12)18/h2-7,20H,8-9H2,1H3. The molecule has 0 unspecified atom stereocenters. The fourth-order valence-electron chi connectivity index (χ4n) is 2.60. The van der Waals surface area contributed by atoms with E-state index in [2.05, 4.69) is 4.18 Å². The number of carbonyl (C=O) groups excluding carboxylic acids is 2. The molecular weight excluding hydrogens is 348 g/mol. The molecule has 0 fully saturated rings. The van der Waals surface area contributed by atoms with Crippen LogP contribution in [0.5, 0.6) is 11.5 Å². The Labute approximate surface area is 143 Å². The number of rotatable bonds is 5. The molecule has 0 saturated heterocycles. The second kappa shape index (κ2) is 6.30. The Morgan fingerprint density at radius 2 is 1.56 bits per heavy atom. The van der Waals surface area contributed by atoms with Crippen molar-refractivity contribution in [2.75, 3.05) is 19.5 Å². The van der Waals surface area contributed by atoms with Gasteiger partial charge in [-0.05, 0) is 12.1 Å². The van der Waals surface area contributed by atoms with Gasteiger partial charge in [-0.15, -0.1) is 0 Å². The summed E-state index contributed by atoms with van der Waals surface area (Å²) in [6.45, 7) is -0.400. The maximum Gasteiger partial charge on any atom is 0.264 e. The van der Waals surface area contributed by atoms with Crippen LogP contribution in [0.4, 0.5) is 0 Å². The molecule has 3 rings (SSSR count). The maximum absolute atomic E-state index is 12.6. The van der Waals surface area contributed by atoms with E-state index in [0.717, 1.165) is 6.26 Å². The van der Waals surface area contributed by atoms with Gasteiger partial charge in [0, 0.05) is 16.7 Å². The normalized spacial score (nSPS) is 13.3. The highest BCUT2D eigenvalue weighted by Gasteiger charge is 2.33. The molecule has 1 aliphatic rings. The first-order valence-electron chi connectivity index (χ1n) is 7.31. The molecule has 25 heavy (non-hydrogen) atoms. The average molecular weight is 362 g/mol. The van der Waals surface area contributed by atoms with Gasteiger partial charge in [-0.25, -0.2) is 0 Å². The first kappa shape index (κ1) is 17.1. The molecule has 2 aromatic carbocycles. The second-order valence-corrected chi connectivity index (χ2v) is 7.06. The number of phenolic OH excluding ortho intramolecular Hbond substituents is 1. The number of aromatic hydroxyl groups is 1. The Kier molecular flexibility index (Phi) is 4.32. The number of carbonyl (C=O) groups is 2. The molecule has 7 nitrogen and oxygen atoms in total. The SMILES string of the molecule is CS(=O)(=O)OCCOc1ccc2c(c1O)C(=O)c1ccccc1C2=O. The van der Waals surface area contributed by atoms with E-state index in [0.29, 0.717) is 0 Å². The number of hydrogen-bond acceptors (Lipinski definition) is 7. The summed E-state index contributed by atoms with van der Waals surface area (Å²) in [4.78, 5) is 25.1. The van der Waals surface area contributed by atoms with Gasteiger partial charge in [0.25, 0.3) is 10.1 Å². The van der Waals surface area contributed by atoms with E-state index in [9.17, 15) is 23.1 Å². The molecule has 0 aromatic heterocycles. The minimum Gasteiger partial charge on any atom is -0.504 e. The summed E-state index contributed by atoms with van der Waals surface area (Å²) in [6, 6.07) is 9.13. The third-order valence-corrected chi connectivity index (χ3v) is 4.26. The van der Waals surface area contributed by atoms with Crippen LogP contribution in [-0.4, -0.2) is 44.6 Å². The molecule has 0 saturated carbocycles. The van der Waals surface area contributed by atoms with Crippen LogP contribution in [0.2, 0.25) is 0 Å². The summed E-state index contributed by atoms with van der Waals surface area (Å²) < 4.78 is 31.6. The summed E-state index contributed by atoms with van der Waals surface area (Å²) in [5.41, 5.74) is 0.480. The molecule has 0 amide bonds. The number of ketones is 2. The van der Waals surface area contributed by atoms with E-state index in [1.807, 2.05) is 0 Å². The highest BCUT2D eigenvalue weighted by Crippen LogP contribution is 2.38. The van der Waals surface area contributed by atoms with Crippen LogP contribution in [0, 0.1) is 0 Å². The predicted octanol–water partition coefficient (Wildman–Crippen LogP) is 1.52. The van der Waals surface area contributed by atoms with Crippen LogP contribution >= 0.6 is 0 Å². The summed E-state index contributed by atoms with van der Waals surface area (Å²) >= 11 is 0. The third-order valence-electron chi connectivity index (χ3n) is 3.67. The zero-order chi connectivity index (χ0) is 18.2. The van der Waals surface area contributed by atoms with Crippen molar-refractivity contribution in [3.05, 3.63) is 58.7 Å². The van der Waals surface area contributed by atoms with Crippen LogP contribution in [0.15, 0.2) is 36.4 Å². The van der Waals surface area contributed by atoms with E-state index in [1.165, 1.54) is 18.2 Å². The van der Waals surface area contributed by atoms with E-state index in [4.69, 9.17) is 4.74 Å². The first-order chi connectivity index (χ1) is 11.8. The Morgan fingerprint density at radius 1 is 0.920 bits per heavy atom. The Morgan fingerprint density at radius 3 is 2.20 bits per heavy atom. The van der Waals surface area contributed by atoms with Gasteiger partial charge in [-0.1, -0.05) is 24.3 Å². The van der Waals surface area contributed by atoms with E-state index in [-0.39, 0.29) is 47.0 Å². The van der Waals surface area contributed by atoms with Gasteiger partial charge in [0.15, 0.2) is 23.1 Å². The number of fused-ring (bicyclic) bond motifs is 2. The lowest BCUT2D eigenvalue weighted by atomic mass is 9.83. The number of phenols is 1. The van der Waals surface area contributed by atoms with Gasteiger partial charge in [0.2, 0.25) is 0 Å². The third kappa shape index (κ3) is 3.26. The monoisotopic (exact) mass is 362 g/mol. The highest BCUT2D eigenvalue weighted by molar-refractivity contribution is 7.85. The van der Waals surface area contributed by atoms with E-state index < -0.39 is 21.7 Å². The lowest BCUT2D eigenvalue weighted by Crippen LogP contribution is -2.21. The number of benzene rings is 2. The minimum atomic E-state index is -3.59. The quantitative estimate of drug-likeness (QED) is 0.542. The van der Waals surface area contributed by atoms with Gasteiger partial charge in [-0.2, -0.15) is 8.42 Å². The highest BCUT2D eigenvalue weighted by atomic mass is 32.2. The van der Waals surface area contributed by atoms with Crippen LogP contribution < -0.4 is 4.74 Å². The number of hydrogen-bond donors (Lipinski definition) is 1. The molecule has 1 N–H and O–H groups in total. The summed E-state index contributed by atoms with van der Waals surface area (Å²) in [7, 11) is -3.59. The molecule has 0 spiro atoms. The van der Waals surface area contributed by atoms with Crippen molar-refractivity contribution in [2.45, 2.75) is 0 Å². The molecule has 0 aliphatic heterocycles. The van der Waals surface area contributed by atoms with Crippen molar-refractivity contribution in [2.24, 2.45) is 0 Å². The van der Waals surface area contributed by atoms with Gasteiger partial charge >= 0.3 is 0 Å². The van der Waals surface area contributed by atoms with Crippen molar-refractivity contribution in [1.82, 2.24) is 0 Å². The Bertz CT molecular complexity index is 976. The summed E-state index contributed by atoms with van der Waals surface area (Å²) in [6.07, 6.45) is 0.908. The first-order valence-corrected chi connectivity index (χ1v) is 9.13. The lowest BCUT2D eigenvalue weighted by molar-refractivity contribution is 0.0976. The van der Waals surface area contributed by atoms with Crippen molar-refractivity contribution in [3.63, 3.8) is 0 Å². The van der Waals surface area contributed by atoms with Crippen LogP contribution in [0.1, 0.15) is 31.8 Å². The van der Waals surface area contributed by atoms with Crippen LogP contribution in [0.25, 0.3) is 0 Å². The van der Waals surface area contributed by atoms with Crippen LogP contribution in [-0.2, 0) is 14.3 Å². The Hall–Kier alpha value is -2.71. The molecule has 1 aliphatic carbocycles. The molecule has 0 heterocycles. The predicted molar refractivity (Wildman–Crippen MR) is 87.7 cm³/mol. The molecule has 0 atom stereocenters. The van der Waals surface area contributed by atoms with Gasteiger partial charge in [0.05, 0.1) is 11.8 Å². The molecule has 2 aromatic rings. The maximum atomic E-state index is 12.6. The van der Waals surface area contributed by atoms with Crippen molar-refractivity contribution in [1.29, 1.82) is 0 Å². The topological polar surface area (TPSA) is 107 Å². The molecular formula is C17H14O7S. The van der Waals surface area contributed by atoms with Gasteiger partial charge in [-0.3, -0.25) is 13.8 Å². The zero-order valence-corrected chi connectivity index (χ0v) is 14.0. The minimum absolute atomic E-state index is 0.0311. The van der Waals surface area contributed by atoms with Crippen molar-refractivity contribution >= 4 is 21.7 Å². The zero-order valence-electron chi connectivity index (χ0n) is 13.2. The van der Waals surface area contributed by atoms with E-state index >= 15 is 0 Å². The summed E-state index contributed by atoms with van der Waals surface area (Å²) in [5.74, 6) is -1.31. The van der Waals surface area contributed by atoms with Gasteiger partial charge in [0.1, 0.15) is 13.2 Å². The van der Waals surface area contributed by atoms with Crippen molar-refractivity contribution in [3.8, 4) is 11.5 Å². The lowest BCUT2D eigenvalue weighted by Gasteiger charge is -2.19. The molecule has 8 heteroatoms.